The van der Waals surface area contributed by atoms with Gasteiger partial charge < -0.3 is 19.9 Å². The summed E-state index contributed by atoms with van der Waals surface area (Å²) in [5.74, 6) is 2.13. The van der Waals surface area contributed by atoms with Crippen LogP contribution in [-0.4, -0.2) is 54.6 Å². The van der Waals surface area contributed by atoms with E-state index < -0.39 is 5.54 Å². The first-order valence-electron chi connectivity index (χ1n) is 12.4. The molecule has 0 bridgehead atoms. The number of aliphatic hydroxyl groups excluding tert-OH is 1. The lowest BCUT2D eigenvalue weighted by atomic mass is 9.91. The normalized spacial score (nSPS) is 16.6. The van der Waals surface area contributed by atoms with Crippen LogP contribution in [0, 0.1) is 5.82 Å². The van der Waals surface area contributed by atoms with E-state index in [0.717, 1.165) is 26.9 Å². The second kappa shape index (κ2) is 13.8. The molecule has 2 N–H and O–H groups in total. The number of hydrogen-bond donors (Lipinski definition) is 2. The molecule has 1 amide bonds. The monoisotopic (exact) mass is 600 g/mol. The number of aliphatic hydroxyl groups is 1. The number of benzene rings is 3. The van der Waals surface area contributed by atoms with Gasteiger partial charge in [0.05, 0.1) is 6.61 Å². The average molecular weight is 602 g/mol. The number of hydrogen-bond acceptors (Lipinski definition) is 6. The predicted molar refractivity (Wildman–Crippen MR) is 152 cm³/mol. The maximum Gasteiger partial charge on any atom is 0.252 e. The van der Waals surface area contributed by atoms with Crippen LogP contribution in [-0.2, 0) is 21.7 Å². The Balaban J connectivity index is 1.43. The highest BCUT2D eigenvalue weighted by Crippen LogP contribution is 2.30. The minimum Gasteiger partial charge on any atom is -0.494 e. The van der Waals surface area contributed by atoms with E-state index in [0.29, 0.717) is 43.4 Å². The average Bonchev–Trinajstić information content (AvgIpc) is 3.36. The number of halogens is 2. The second-order valence-electron chi connectivity index (χ2n) is 8.89. The molecule has 0 unspecified atom stereocenters. The van der Waals surface area contributed by atoms with Crippen LogP contribution >= 0.6 is 27.7 Å². The molecular formula is C29H30BrFN2O4S. The third-order valence-electron chi connectivity index (χ3n) is 6.01. The van der Waals surface area contributed by atoms with Crippen LogP contribution in [0.2, 0.25) is 0 Å². The van der Waals surface area contributed by atoms with Gasteiger partial charge >= 0.3 is 0 Å². The number of carbonyl (C=O) groups is 1. The maximum absolute atomic E-state index is 13.5. The summed E-state index contributed by atoms with van der Waals surface area (Å²) in [5, 5.41) is 12.0. The molecule has 9 heteroatoms. The molecule has 0 spiro atoms. The second-order valence-corrected chi connectivity index (χ2v) is 10.8. The number of nitrogens with zero attached hydrogens (tertiary/aromatic N) is 1. The Kier molecular flexibility index (Phi) is 10.2. The Morgan fingerprint density at radius 3 is 2.63 bits per heavy atom. The first-order chi connectivity index (χ1) is 18.5. The number of amides is 1. The van der Waals surface area contributed by atoms with E-state index in [4.69, 9.17) is 19.6 Å². The van der Waals surface area contributed by atoms with Crippen molar-refractivity contribution in [2.45, 2.75) is 24.1 Å². The summed E-state index contributed by atoms with van der Waals surface area (Å²) >= 11 is 5.26. The lowest BCUT2D eigenvalue weighted by molar-refractivity contribution is -0.126. The summed E-state index contributed by atoms with van der Waals surface area (Å²) in [7, 11) is 0. The smallest absolute Gasteiger partial charge is 0.252 e. The Morgan fingerprint density at radius 1 is 1.13 bits per heavy atom. The van der Waals surface area contributed by atoms with Gasteiger partial charge in [0.1, 0.15) is 18.2 Å². The Morgan fingerprint density at radius 2 is 1.89 bits per heavy atom. The minimum atomic E-state index is -1.10. The van der Waals surface area contributed by atoms with Gasteiger partial charge in [0, 0.05) is 47.5 Å². The van der Waals surface area contributed by atoms with Crippen molar-refractivity contribution in [2.75, 3.05) is 32.1 Å². The third kappa shape index (κ3) is 7.58. The van der Waals surface area contributed by atoms with Gasteiger partial charge in [-0.2, -0.15) is 11.8 Å². The molecule has 0 fully saturated rings. The molecule has 6 nitrogen and oxygen atoms in total. The number of ether oxygens (including phenoxy) is 2. The summed E-state index contributed by atoms with van der Waals surface area (Å²) < 4.78 is 25.6. The Labute approximate surface area is 234 Å². The highest BCUT2D eigenvalue weighted by atomic mass is 79.9. The molecule has 4 rings (SSSR count). The van der Waals surface area contributed by atoms with Crippen LogP contribution in [0.15, 0.2) is 82.3 Å². The first kappa shape index (κ1) is 28.1. The summed E-state index contributed by atoms with van der Waals surface area (Å²) in [4.78, 5) is 18.4. The molecule has 0 aromatic heterocycles. The summed E-state index contributed by atoms with van der Waals surface area (Å²) in [6.45, 7) is 1.13. The molecule has 38 heavy (non-hydrogen) atoms. The van der Waals surface area contributed by atoms with Gasteiger partial charge in [0.2, 0.25) is 5.90 Å². The zero-order chi connectivity index (χ0) is 26.8. The zero-order valence-corrected chi connectivity index (χ0v) is 23.3. The van der Waals surface area contributed by atoms with Gasteiger partial charge in [0.25, 0.3) is 5.91 Å². The fourth-order valence-corrected chi connectivity index (χ4v) is 5.20. The summed E-state index contributed by atoms with van der Waals surface area (Å²) in [6.07, 6.45) is 0.948. The lowest BCUT2D eigenvalue weighted by Crippen LogP contribution is -2.49. The van der Waals surface area contributed by atoms with Crippen LogP contribution in [0.25, 0.3) is 0 Å². The van der Waals surface area contributed by atoms with Crippen LogP contribution in [0.3, 0.4) is 0 Å². The van der Waals surface area contributed by atoms with E-state index in [-0.39, 0.29) is 24.9 Å². The quantitative estimate of drug-likeness (QED) is 0.265. The van der Waals surface area contributed by atoms with Gasteiger partial charge in [-0.05, 0) is 53.6 Å². The zero-order valence-electron chi connectivity index (χ0n) is 20.9. The highest BCUT2D eigenvalue weighted by Gasteiger charge is 2.44. The van der Waals surface area contributed by atoms with Crippen molar-refractivity contribution < 1.29 is 23.8 Å². The number of thioether (sulfide) groups is 1. The van der Waals surface area contributed by atoms with Crippen molar-refractivity contribution in [1.82, 2.24) is 5.32 Å². The van der Waals surface area contributed by atoms with E-state index in [1.54, 1.807) is 23.9 Å². The van der Waals surface area contributed by atoms with Crippen molar-refractivity contribution in [3.63, 3.8) is 0 Å². The molecule has 1 aliphatic rings. The molecule has 200 valence electrons. The number of rotatable bonds is 13. The first-order valence-corrected chi connectivity index (χ1v) is 14.3. The Bertz CT molecular complexity index is 1240. The van der Waals surface area contributed by atoms with Crippen molar-refractivity contribution in [1.29, 1.82) is 0 Å². The van der Waals surface area contributed by atoms with E-state index in [1.165, 1.54) is 12.1 Å². The van der Waals surface area contributed by atoms with Crippen molar-refractivity contribution >= 4 is 39.5 Å². The van der Waals surface area contributed by atoms with Gasteiger partial charge in [-0.15, -0.1) is 0 Å². The molecule has 0 saturated carbocycles. The molecule has 3 aromatic rings. The molecule has 1 heterocycles. The van der Waals surface area contributed by atoms with Crippen LogP contribution < -0.4 is 10.1 Å². The predicted octanol–water partition coefficient (Wildman–Crippen LogP) is 5.16. The van der Waals surface area contributed by atoms with Gasteiger partial charge in [-0.3, -0.25) is 4.79 Å². The van der Waals surface area contributed by atoms with Gasteiger partial charge in [0.15, 0.2) is 5.54 Å². The molecular weight excluding hydrogens is 571 g/mol. The Hall–Kier alpha value is -2.88. The van der Waals surface area contributed by atoms with Crippen LogP contribution in [0.1, 0.15) is 23.1 Å². The van der Waals surface area contributed by atoms with E-state index in [9.17, 15) is 9.18 Å². The van der Waals surface area contributed by atoms with Crippen molar-refractivity contribution in [3.05, 3.63) is 99.8 Å². The van der Waals surface area contributed by atoms with Crippen molar-refractivity contribution in [2.24, 2.45) is 4.99 Å². The molecule has 0 saturated heterocycles. The fourth-order valence-electron chi connectivity index (χ4n) is 3.96. The summed E-state index contributed by atoms with van der Waals surface area (Å²) in [6, 6.07) is 21.6. The van der Waals surface area contributed by atoms with Crippen molar-refractivity contribution in [3.8, 4) is 5.75 Å². The van der Waals surface area contributed by atoms with E-state index in [2.05, 4.69) is 21.2 Å². The molecule has 3 aromatic carbocycles. The molecule has 0 aliphatic carbocycles. The molecule has 0 radical (unpaired) electrons. The lowest BCUT2D eigenvalue weighted by Gasteiger charge is -2.23. The van der Waals surface area contributed by atoms with E-state index >= 15 is 0 Å². The largest absolute Gasteiger partial charge is 0.494 e. The van der Waals surface area contributed by atoms with Crippen LogP contribution in [0.5, 0.6) is 5.75 Å². The summed E-state index contributed by atoms with van der Waals surface area (Å²) in [5.41, 5.74) is 1.67. The minimum absolute atomic E-state index is 0.0807. The highest BCUT2D eigenvalue weighted by molar-refractivity contribution is 9.10. The topological polar surface area (TPSA) is 80.2 Å². The third-order valence-corrected chi connectivity index (χ3v) is 7.82. The standard InChI is InChI=1S/C29H30BrFN2O4S/c30-26-5-2-1-4-23(26)18-29(28(35)32-14-17-38-19-21-6-10-24(31)11-7-21)20-37-27(33-29)22-8-12-25(13-9-22)36-16-3-15-34/h1-2,4-13,34H,3,14-20H2,(H,32,35)/t29-/m1/s1. The van der Waals surface area contributed by atoms with Crippen LogP contribution in [0.4, 0.5) is 4.39 Å². The molecule has 1 aliphatic heterocycles. The number of aliphatic imine (C=N–C) groups is 1. The fraction of sp³-hybridized carbons (Fsp3) is 0.310. The number of nitrogens with one attached hydrogen (secondary N) is 1. The number of carbonyl (C=O) groups excluding carboxylic acids is 1. The maximum atomic E-state index is 13.5. The molecule has 1 atom stereocenters. The van der Waals surface area contributed by atoms with Gasteiger partial charge in [-0.25, -0.2) is 9.38 Å². The van der Waals surface area contributed by atoms with E-state index in [1.807, 2.05) is 48.5 Å². The SMILES string of the molecule is O=C(NCCSCc1ccc(F)cc1)[C@@]1(Cc2ccccc2Br)COC(c2ccc(OCCCO)cc2)=N1. The van der Waals surface area contributed by atoms with Gasteiger partial charge in [-0.1, -0.05) is 46.3 Å².